The van der Waals surface area contributed by atoms with Gasteiger partial charge >= 0.3 is 0 Å². The first kappa shape index (κ1) is 10.5. The molecule has 0 atom stereocenters. The summed E-state index contributed by atoms with van der Waals surface area (Å²) in [6, 6.07) is 8.07. The van der Waals surface area contributed by atoms with Gasteiger partial charge in [0.15, 0.2) is 0 Å². The number of hydrogen-bond donors (Lipinski definition) is 2. The number of aromatic nitrogens is 2. The minimum atomic E-state index is 0.788. The summed E-state index contributed by atoms with van der Waals surface area (Å²) < 4.78 is 0. The van der Waals surface area contributed by atoms with E-state index in [2.05, 4.69) is 21.4 Å². The molecule has 0 aromatic carbocycles. The summed E-state index contributed by atoms with van der Waals surface area (Å²) in [6.45, 7) is 0.788. The number of H-pyrrole nitrogens is 1. The van der Waals surface area contributed by atoms with Crippen LogP contribution in [0.2, 0.25) is 0 Å². The first-order chi connectivity index (χ1) is 7.75. The molecular weight excluding hydrogens is 200 g/mol. The second-order valence-electron chi connectivity index (χ2n) is 3.85. The van der Waals surface area contributed by atoms with E-state index >= 15 is 0 Å². The van der Waals surface area contributed by atoms with Crippen LogP contribution in [0.4, 0.5) is 11.5 Å². The van der Waals surface area contributed by atoms with E-state index in [0.717, 1.165) is 23.7 Å². The molecule has 4 heteroatoms. The number of aromatic amines is 1. The Kier molecular flexibility index (Phi) is 3.10. The molecule has 16 heavy (non-hydrogen) atoms. The van der Waals surface area contributed by atoms with Gasteiger partial charge in [0.1, 0.15) is 5.82 Å². The second-order valence-corrected chi connectivity index (χ2v) is 3.85. The number of nitrogens with one attached hydrogen (secondary N) is 2. The highest BCUT2D eigenvalue weighted by Crippen LogP contribution is 2.12. The number of anilines is 2. The number of nitrogens with zero attached hydrogens (tertiary/aromatic N) is 2. The Hall–Kier alpha value is -1.97. The van der Waals surface area contributed by atoms with Crippen molar-refractivity contribution in [1.29, 1.82) is 0 Å². The van der Waals surface area contributed by atoms with Crippen LogP contribution in [0.3, 0.4) is 0 Å². The molecule has 0 aliphatic carbocycles. The molecule has 84 valence electrons. The molecule has 2 N–H and O–H groups in total. The molecule has 0 aliphatic heterocycles. The maximum Gasteiger partial charge on any atom is 0.128 e. The van der Waals surface area contributed by atoms with Gasteiger partial charge in [0, 0.05) is 26.0 Å². The predicted molar refractivity (Wildman–Crippen MR) is 66.7 cm³/mol. The smallest absolute Gasteiger partial charge is 0.128 e. The van der Waals surface area contributed by atoms with Crippen LogP contribution in [-0.4, -0.2) is 24.1 Å². The third kappa shape index (κ3) is 2.53. The van der Waals surface area contributed by atoms with Gasteiger partial charge < -0.3 is 15.2 Å². The predicted octanol–water partition coefficient (Wildman–Crippen LogP) is 2.09. The maximum absolute atomic E-state index is 4.33. The largest absolute Gasteiger partial charge is 0.378 e. The van der Waals surface area contributed by atoms with E-state index in [1.54, 1.807) is 0 Å². The van der Waals surface area contributed by atoms with E-state index in [0.29, 0.717) is 0 Å². The van der Waals surface area contributed by atoms with Crippen molar-refractivity contribution in [3.63, 3.8) is 0 Å². The summed E-state index contributed by atoms with van der Waals surface area (Å²) in [4.78, 5) is 9.46. The number of rotatable bonds is 4. The fourth-order valence-corrected chi connectivity index (χ4v) is 1.43. The highest BCUT2D eigenvalue weighted by molar-refractivity contribution is 5.47. The molecule has 0 saturated heterocycles. The third-order valence-corrected chi connectivity index (χ3v) is 2.35. The molecular formula is C12H16N4. The van der Waals surface area contributed by atoms with Gasteiger partial charge in [0.25, 0.3) is 0 Å². The van der Waals surface area contributed by atoms with Crippen LogP contribution in [-0.2, 0) is 6.54 Å². The van der Waals surface area contributed by atoms with Crippen LogP contribution in [0.25, 0.3) is 0 Å². The molecule has 0 saturated carbocycles. The molecule has 2 rings (SSSR count). The molecule has 2 aromatic rings. The summed E-state index contributed by atoms with van der Waals surface area (Å²) in [5.41, 5.74) is 2.19. The average molecular weight is 216 g/mol. The van der Waals surface area contributed by atoms with Gasteiger partial charge in [-0.05, 0) is 24.3 Å². The van der Waals surface area contributed by atoms with E-state index in [1.807, 2.05) is 49.6 Å². The molecule has 0 aliphatic rings. The van der Waals surface area contributed by atoms with Gasteiger partial charge in [-0.1, -0.05) is 0 Å². The van der Waals surface area contributed by atoms with Gasteiger partial charge in [-0.3, -0.25) is 0 Å². The van der Waals surface area contributed by atoms with E-state index < -0.39 is 0 Å². The molecule has 0 unspecified atom stereocenters. The Labute approximate surface area is 95.3 Å². The van der Waals surface area contributed by atoms with Crippen LogP contribution in [0.1, 0.15) is 5.69 Å². The van der Waals surface area contributed by atoms with Crippen molar-refractivity contribution >= 4 is 11.5 Å². The normalized spacial score (nSPS) is 10.1. The number of pyridine rings is 1. The minimum Gasteiger partial charge on any atom is -0.378 e. The lowest BCUT2D eigenvalue weighted by Crippen LogP contribution is -2.10. The molecule has 0 fully saturated rings. The Morgan fingerprint density at radius 3 is 2.75 bits per heavy atom. The van der Waals surface area contributed by atoms with Gasteiger partial charge in [-0.15, -0.1) is 0 Å². The van der Waals surface area contributed by atoms with Crippen LogP contribution in [0, 0.1) is 0 Å². The van der Waals surface area contributed by atoms with Gasteiger partial charge in [-0.25, -0.2) is 4.98 Å². The van der Waals surface area contributed by atoms with Crippen molar-refractivity contribution in [1.82, 2.24) is 9.97 Å². The van der Waals surface area contributed by atoms with Crippen molar-refractivity contribution in [2.45, 2.75) is 6.54 Å². The summed E-state index contributed by atoms with van der Waals surface area (Å²) in [6.07, 6.45) is 3.77. The standard InChI is InChI=1S/C12H16N4/c1-16(2)12-6-5-11(9-15-12)14-8-10-4-3-7-13-10/h3-7,9,13-14H,8H2,1-2H3. The fraction of sp³-hybridized carbons (Fsp3) is 0.250. The molecule has 0 radical (unpaired) electrons. The van der Waals surface area contributed by atoms with Crippen LogP contribution >= 0.6 is 0 Å². The van der Waals surface area contributed by atoms with Crippen LogP contribution in [0.15, 0.2) is 36.7 Å². The van der Waals surface area contributed by atoms with Crippen molar-refractivity contribution in [2.75, 3.05) is 24.3 Å². The zero-order valence-corrected chi connectivity index (χ0v) is 9.57. The average Bonchev–Trinajstić information content (AvgIpc) is 2.80. The zero-order valence-electron chi connectivity index (χ0n) is 9.57. The Morgan fingerprint density at radius 2 is 2.19 bits per heavy atom. The van der Waals surface area contributed by atoms with Crippen LogP contribution in [0.5, 0.6) is 0 Å². The van der Waals surface area contributed by atoms with E-state index in [9.17, 15) is 0 Å². The van der Waals surface area contributed by atoms with Crippen molar-refractivity contribution in [3.8, 4) is 0 Å². The van der Waals surface area contributed by atoms with Crippen LogP contribution < -0.4 is 10.2 Å². The van der Waals surface area contributed by atoms with Crippen molar-refractivity contribution in [3.05, 3.63) is 42.4 Å². The van der Waals surface area contributed by atoms with Crippen molar-refractivity contribution in [2.24, 2.45) is 0 Å². The summed E-state index contributed by atoms with van der Waals surface area (Å²) >= 11 is 0. The summed E-state index contributed by atoms with van der Waals surface area (Å²) in [7, 11) is 3.96. The highest BCUT2D eigenvalue weighted by atomic mass is 15.1. The lowest BCUT2D eigenvalue weighted by atomic mass is 10.3. The number of hydrogen-bond acceptors (Lipinski definition) is 3. The lowest BCUT2D eigenvalue weighted by molar-refractivity contribution is 1.05. The van der Waals surface area contributed by atoms with Crippen molar-refractivity contribution < 1.29 is 0 Å². The molecule has 2 heterocycles. The molecule has 0 amide bonds. The molecule has 0 spiro atoms. The first-order valence-corrected chi connectivity index (χ1v) is 5.25. The first-order valence-electron chi connectivity index (χ1n) is 5.25. The molecule has 2 aromatic heterocycles. The highest BCUT2D eigenvalue weighted by Gasteiger charge is 1.97. The Morgan fingerprint density at radius 1 is 1.31 bits per heavy atom. The van der Waals surface area contributed by atoms with E-state index in [4.69, 9.17) is 0 Å². The third-order valence-electron chi connectivity index (χ3n) is 2.35. The molecule has 4 nitrogen and oxygen atoms in total. The van der Waals surface area contributed by atoms with E-state index in [1.165, 1.54) is 0 Å². The maximum atomic E-state index is 4.33. The second kappa shape index (κ2) is 4.70. The van der Waals surface area contributed by atoms with E-state index in [-0.39, 0.29) is 0 Å². The minimum absolute atomic E-state index is 0.788. The Balaban J connectivity index is 1.95. The topological polar surface area (TPSA) is 44.0 Å². The monoisotopic (exact) mass is 216 g/mol. The van der Waals surface area contributed by atoms with Gasteiger partial charge in [-0.2, -0.15) is 0 Å². The quantitative estimate of drug-likeness (QED) is 0.822. The summed E-state index contributed by atoms with van der Waals surface area (Å²) in [5.74, 6) is 0.963. The zero-order chi connectivity index (χ0) is 11.4. The van der Waals surface area contributed by atoms with Gasteiger partial charge in [0.05, 0.1) is 18.4 Å². The lowest BCUT2D eigenvalue weighted by Gasteiger charge is -2.11. The SMILES string of the molecule is CN(C)c1ccc(NCc2ccc[nH]2)cn1. The fourth-order valence-electron chi connectivity index (χ4n) is 1.43. The Bertz CT molecular complexity index is 417. The summed E-state index contributed by atoms with van der Waals surface area (Å²) in [5, 5.41) is 3.30. The van der Waals surface area contributed by atoms with Gasteiger partial charge in [0.2, 0.25) is 0 Å². The molecule has 0 bridgehead atoms.